The second-order valence-electron chi connectivity index (χ2n) is 6.40. The van der Waals surface area contributed by atoms with Crippen molar-refractivity contribution < 1.29 is 14.6 Å². The third-order valence-electron chi connectivity index (χ3n) is 3.44. The van der Waals surface area contributed by atoms with Crippen LogP contribution in [-0.4, -0.2) is 37.8 Å². The molecule has 2 aliphatic rings. The monoisotopic (exact) mass is 268 g/mol. The smallest absolute Gasteiger partial charge is 0.169 e. The Labute approximate surface area is 111 Å². The van der Waals surface area contributed by atoms with E-state index < -0.39 is 20.0 Å². The lowest BCUT2D eigenvalue weighted by molar-refractivity contribution is -0.192. The van der Waals surface area contributed by atoms with Crippen LogP contribution >= 0.6 is 0 Å². The molecule has 1 unspecified atom stereocenters. The first-order valence-electron chi connectivity index (χ1n) is 6.93. The maximum absolute atomic E-state index is 10.1. The molecular formula is C14H24O3Si. The first-order chi connectivity index (χ1) is 8.40. The minimum atomic E-state index is -1.44. The molecule has 2 atom stereocenters. The molecule has 1 aliphatic carbocycles. The van der Waals surface area contributed by atoms with Gasteiger partial charge in [0.05, 0.1) is 6.61 Å². The number of hydrogen-bond acceptors (Lipinski definition) is 3. The first kappa shape index (κ1) is 14.1. The van der Waals surface area contributed by atoms with Crippen molar-refractivity contribution in [2.24, 2.45) is 0 Å². The van der Waals surface area contributed by atoms with Gasteiger partial charge in [-0.25, -0.2) is 0 Å². The molecule has 0 radical (unpaired) electrons. The van der Waals surface area contributed by atoms with Crippen LogP contribution in [0.2, 0.25) is 19.6 Å². The van der Waals surface area contributed by atoms with E-state index in [9.17, 15) is 5.11 Å². The number of aliphatic hydroxyl groups is 1. The van der Waals surface area contributed by atoms with Gasteiger partial charge in [0.1, 0.15) is 20.3 Å². The Hall–Kier alpha value is -0.343. The molecule has 2 rings (SSSR count). The van der Waals surface area contributed by atoms with Crippen molar-refractivity contribution in [1.29, 1.82) is 0 Å². The summed E-state index contributed by atoms with van der Waals surface area (Å²) in [6, 6.07) is 0. The minimum absolute atomic E-state index is 0.271. The molecule has 4 heteroatoms. The average molecular weight is 268 g/mol. The number of hydrogen-bond donors (Lipinski definition) is 1. The molecule has 0 aromatic rings. The van der Waals surface area contributed by atoms with Crippen LogP contribution < -0.4 is 0 Å². The predicted molar refractivity (Wildman–Crippen MR) is 73.8 cm³/mol. The normalized spacial score (nSPS) is 28.8. The molecule has 102 valence electrons. The quantitative estimate of drug-likeness (QED) is 0.586. The summed E-state index contributed by atoms with van der Waals surface area (Å²) in [4.78, 5) is 0. The fraction of sp³-hybridized carbons (Fsp3) is 0.857. The van der Waals surface area contributed by atoms with Crippen molar-refractivity contribution in [2.45, 2.75) is 69.7 Å². The van der Waals surface area contributed by atoms with Gasteiger partial charge in [0.15, 0.2) is 5.79 Å². The molecular weight excluding hydrogens is 244 g/mol. The van der Waals surface area contributed by atoms with Crippen molar-refractivity contribution in [3.8, 4) is 11.5 Å². The third-order valence-corrected chi connectivity index (χ3v) is 4.33. The highest BCUT2D eigenvalue weighted by molar-refractivity contribution is 6.83. The Balaban J connectivity index is 1.93. The molecule has 18 heavy (non-hydrogen) atoms. The Morgan fingerprint density at radius 2 is 1.89 bits per heavy atom. The standard InChI is InChI=1S/C14H24O3Si/c1-18(2,3)10-7-12(15)13-11-16-14(17-13)8-5-4-6-9-14/h12-13,15H,4-6,8-9,11H2,1-3H3/t12?,13-/m1/s1. The number of aliphatic hydroxyl groups excluding tert-OH is 1. The van der Waals surface area contributed by atoms with Crippen molar-refractivity contribution in [2.75, 3.05) is 6.61 Å². The summed E-state index contributed by atoms with van der Waals surface area (Å²) in [5.74, 6) is 2.54. The second-order valence-corrected chi connectivity index (χ2v) is 11.2. The topological polar surface area (TPSA) is 38.7 Å². The van der Waals surface area contributed by atoms with E-state index in [1.807, 2.05) is 0 Å². The van der Waals surface area contributed by atoms with Crippen molar-refractivity contribution >= 4 is 8.07 Å². The van der Waals surface area contributed by atoms with Gasteiger partial charge in [-0.1, -0.05) is 32.0 Å². The zero-order valence-electron chi connectivity index (χ0n) is 11.7. The molecule has 0 amide bonds. The fourth-order valence-corrected chi connectivity index (χ4v) is 3.05. The molecule has 0 aromatic heterocycles. The van der Waals surface area contributed by atoms with Crippen molar-refractivity contribution in [1.82, 2.24) is 0 Å². The number of rotatable bonds is 1. The third kappa shape index (κ3) is 3.58. The van der Waals surface area contributed by atoms with E-state index in [-0.39, 0.29) is 6.10 Å². The van der Waals surface area contributed by atoms with E-state index in [0.29, 0.717) is 6.61 Å². The SMILES string of the molecule is C[Si](C)(C)C#CC(O)[C@H]1COC2(CCCCC2)O1. The zero-order valence-corrected chi connectivity index (χ0v) is 12.7. The van der Waals surface area contributed by atoms with Crippen LogP contribution in [0.3, 0.4) is 0 Å². The molecule has 2 fully saturated rings. The summed E-state index contributed by atoms with van der Waals surface area (Å²) in [6.45, 7) is 6.98. The Morgan fingerprint density at radius 1 is 1.22 bits per heavy atom. The summed E-state index contributed by atoms with van der Waals surface area (Å²) in [5, 5.41) is 10.1. The average Bonchev–Trinajstić information content (AvgIpc) is 2.70. The predicted octanol–water partition coefficient (Wildman–Crippen LogP) is 2.30. The number of ether oxygens (including phenoxy) is 2. The lowest BCUT2D eigenvalue weighted by Gasteiger charge is -2.31. The second kappa shape index (κ2) is 5.34. The van der Waals surface area contributed by atoms with E-state index in [0.717, 1.165) is 25.7 Å². The van der Waals surface area contributed by atoms with Crippen LogP contribution in [0.4, 0.5) is 0 Å². The van der Waals surface area contributed by atoms with Gasteiger partial charge in [0.2, 0.25) is 0 Å². The molecule has 1 spiro atoms. The maximum atomic E-state index is 10.1. The van der Waals surface area contributed by atoms with Gasteiger partial charge in [0.25, 0.3) is 0 Å². The highest BCUT2D eigenvalue weighted by Crippen LogP contribution is 2.38. The van der Waals surface area contributed by atoms with Crippen molar-refractivity contribution in [3.05, 3.63) is 0 Å². The van der Waals surface area contributed by atoms with Gasteiger partial charge in [-0.15, -0.1) is 5.54 Å². The van der Waals surface area contributed by atoms with Crippen LogP contribution in [0.1, 0.15) is 32.1 Å². The minimum Gasteiger partial charge on any atom is -0.378 e. The highest BCUT2D eigenvalue weighted by Gasteiger charge is 2.44. The summed E-state index contributed by atoms with van der Waals surface area (Å²) in [7, 11) is -1.44. The Kier molecular flexibility index (Phi) is 4.17. The molecule has 1 N–H and O–H groups in total. The van der Waals surface area contributed by atoms with Gasteiger partial charge in [-0.2, -0.15) is 0 Å². The summed E-state index contributed by atoms with van der Waals surface area (Å²) in [6.07, 6.45) is 4.50. The van der Waals surface area contributed by atoms with Crippen LogP contribution in [-0.2, 0) is 9.47 Å². The van der Waals surface area contributed by atoms with E-state index in [4.69, 9.17) is 9.47 Å². The molecule has 1 heterocycles. The van der Waals surface area contributed by atoms with Gasteiger partial charge in [0, 0.05) is 12.8 Å². The Morgan fingerprint density at radius 3 is 2.50 bits per heavy atom. The van der Waals surface area contributed by atoms with Gasteiger partial charge >= 0.3 is 0 Å². The van der Waals surface area contributed by atoms with E-state index in [2.05, 4.69) is 31.1 Å². The maximum Gasteiger partial charge on any atom is 0.169 e. The molecule has 3 nitrogen and oxygen atoms in total. The highest BCUT2D eigenvalue weighted by atomic mass is 28.3. The first-order valence-corrected chi connectivity index (χ1v) is 10.4. The summed E-state index contributed by atoms with van der Waals surface area (Å²) in [5.41, 5.74) is 3.19. The molecule has 1 saturated carbocycles. The lowest BCUT2D eigenvalue weighted by Crippen LogP contribution is -2.35. The molecule has 0 aromatic carbocycles. The lowest BCUT2D eigenvalue weighted by atomic mass is 9.94. The van der Waals surface area contributed by atoms with Gasteiger partial charge in [-0.05, 0) is 12.8 Å². The molecule has 1 aliphatic heterocycles. The summed E-state index contributed by atoms with van der Waals surface area (Å²) >= 11 is 0. The van der Waals surface area contributed by atoms with E-state index in [1.165, 1.54) is 6.42 Å². The van der Waals surface area contributed by atoms with Crippen LogP contribution in [0.5, 0.6) is 0 Å². The van der Waals surface area contributed by atoms with Crippen LogP contribution in [0.25, 0.3) is 0 Å². The summed E-state index contributed by atoms with van der Waals surface area (Å²) < 4.78 is 11.8. The van der Waals surface area contributed by atoms with E-state index in [1.54, 1.807) is 0 Å². The van der Waals surface area contributed by atoms with Crippen LogP contribution in [0.15, 0.2) is 0 Å². The largest absolute Gasteiger partial charge is 0.378 e. The van der Waals surface area contributed by atoms with Gasteiger partial charge < -0.3 is 14.6 Å². The van der Waals surface area contributed by atoms with Gasteiger partial charge in [-0.3, -0.25) is 0 Å². The fourth-order valence-electron chi connectivity index (χ4n) is 2.47. The Bertz CT molecular complexity index is 344. The molecule has 0 bridgehead atoms. The van der Waals surface area contributed by atoms with E-state index >= 15 is 0 Å². The zero-order chi connectivity index (χ0) is 13.2. The molecule has 1 saturated heterocycles. The van der Waals surface area contributed by atoms with Crippen molar-refractivity contribution in [3.63, 3.8) is 0 Å². The van der Waals surface area contributed by atoms with Crippen LogP contribution in [0, 0.1) is 11.5 Å².